The van der Waals surface area contributed by atoms with E-state index in [-0.39, 0.29) is 10.8 Å². The first-order valence-corrected chi connectivity index (χ1v) is 9.08. The molecule has 0 radical (unpaired) electrons. The van der Waals surface area contributed by atoms with Gasteiger partial charge in [0, 0.05) is 16.8 Å². The minimum Gasteiger partial charge on any atom is -0.506 e. The van der Waals surface area contributed by atoms with E-state index in [4.69, 9.17) is 23.2 Å². The molecule has 3 aromatic carbocycles. The fraction of sp³-hybridized carbons (Fsp3) is 0.0476. The van der Waals surface area contributed by atoms with Gasteiger partial charge in [-0.3, -0.25) is 0 Å². The molecule has 0 spiro atoms. The number of phenols is 1. The number of hydrogen-bond donors (Lipinski definition) is 1. The molecule has 0 aliphatic carbocycles. The van der Waals surface area contributed by atoms with Crippen LogP contribution in [0.25, 0.3) is 11.0 Å². The molecule has 134 valence electrons. The third-order valence-corrected chi connectivity index (χ3v) is 4.70. The monoisotopic (exact) mass is 395 g/mol. The van der Waals surface area contributed by atoms with Crippen molar-refractivity contribution in [1.29, 1.82) is 0 Å². The van der Waals surface area contributed by atoms with E-state index in [1.54, 1.807) is 6.07 Å². The van der Waals surface area contributed by atoms with Crippen LogP contribution < -0.4 is 0 Å². The number of rotatable bonds is 4. The molecular weight excluding hydrogens is 381 g/mol. The quantitative estimate of drug-likeness (QED) is 0.440. The highest BCUT2D eigenvalue weighted by Crippen LogP contribution is 2.31. The number of aromatic hydroxyl groups is 1. The Bertz CT molecular complexity index is 1140. The Balaban J connectivity index is 1.79. The summed E-state index contributed by atoms with van der Waals surface area (Å²) in [7, 11) is 0. The van der Waals surface area contributed by atoms with Gasteiger partial charge < -0.3 is 9.67 Å². The van der Waals surface area contributed by atoms with Crippen molar-refractivity contribution in [3.63, 3.8) is 0 Å². The number of imidazole rings is 1. The zero-order chi connectivity index (χ0) is 18.8. The van der Waals surface area contributed by atoms with E-state index in [0.29, 0.717) is 23.1 Å². The molecule has 0 aliphatic rings. The predicted octanol–water partition coefficient (Wildman–Crippen LogP) is 5.85. The van der Waals surface area contributed by atoms with Crippen molar-refractivity contribution in [2.45, 2.75) is 6.54 Å². The van der Waals surface area contributed by atoms with Crippen LogP contribution >= 0.6 is 23.2 Å². The summed E-state index contributed by atoms with van der Waals surface area (Å²) in [6.07, 6.45) is 1.52. The van der Waals surface area contributed by atoms with E-state index in [9.17, 15) is 5.11 Å². The molecule has 0 saturated carbocycles. The molecule has 1 N–H and O–H groups in total. The number of benzene rings is 3. The SMILES string of the molecule is Oc1c(Cl)cc(Cl)cc1/C=N/c1nc2ccccc2n1Cc1ccccc1. The third kappa shape index (κ3) is 3.68. The smallest absolute Gasteiger partial charge is 0.230 e. The van der Waals surface area contributed by atoms with E-state index in [1.165, 1.54) is 12.3 Å². The maximum absolute atomic E-state index is 10.1. The predicted molar refractivity (Wildman–Crippen MR) is 111 cm³/mol. The average molecular weight is 396 g/mol. The van der Waals surface area contributed by atoms with Crippen LogP contribution in [-0.2, 0) is 6.54 Å². The van der Waals surface area contributed by atoms with Crippen LogP contribution in [0.1, 0.15) is 11.1 Å². The van der Waals surface area contributed by atoms with E-state index in [0.717, 1.165) is 16.6 Å². The number of hydrogen-bond acceptors (Lipinski definition) is 3. The molecule has 0 bridgehead atoms. The molecule has 0 saturated heterocycles. The zero-order valence-corrected chi connectivity index (χ0v) is 15.7. The average Bonchev–Trinajstić information content (AvgIpc) is 3.02. The highest BCUT2D eigenvalue weighted by atomic mass is 35.5. The molecule has 0 amide bonds. The summed E-state index contributed by atoms with van der Waals surface area (Å²) in [5.41, 5.74) is 3.42. The molecule has 4 rings (SSSR count). The molecule has 6 heteroatoms. The number of aromatic nitrogens is 2. The Morgan fingerprint density at radius 3 is 2.56 bits per heavy atom. The lowest BCUT2D eigenvalue weighted by Crippen LogP contribution is -1.99. The number of nitrogens with zero attached hydrogens (tertiary/aromatic N) is 3. The molecule has 0 aliphatic heterocycles. The molecule has 27 heavy (non-hydrogen) atoms. The Morgan fingerprint density at radius 1 is 1.00 bits per heavy atom. The molecule has 0 fully saturated rings. The van der Waals surface area contributed by atoms with Crippen LogP contribution in [0, 0.1) is 0 Å². The second-order valence-corrected chi connectivity index (χ2v) is 6.90. The fourth-order valence-corrected chi connectivity index (χ4v) is 3.40. The van der Waals surface area contributed by atoms with Gasteiger partial charge in [-0.2, -0.15) is 0 Å². The molecule has 1 heterocycles. The fourth-order valence-electron chi connectivity index (χ4n) is 2.89. The highest BCUT2D eigenvalue weighted by molar-refractivity contribution is 6.36. The van der Waals surface area contributed by atoms with E-state index in [1.807, 2.05) is 47.0 Å². The van der Waals surface area contributed by atoms with Gasteiger partial charge in [-0.15, -0.1) is 0 Å². The molecular formula is C21H15Cl2N3O. The van der Waals surface area contributed by atoms with Gasteiger partial charge in [0.1, 0.15) is 5.75 Å². The molecule has 0 atom stereocenters. The summed E-state index contributed by atoms with van der Waals surface area (Å²) < 4.78 is 2.03. The summed E-state index contributed by atoms with van der Waals surface area (Å²) >= 11 is 12.0. The molecule has 0 unspecified atom stereocenters. The van der Waals surface area contributed by atoms with Gasteiger partial charge in [-0.1, -0.05) is 65.7 Å². The minimum atomic E-state index is -0.0597. The number of phenolic OH excluding ortho intramolecular Hbond substituents is 1. The number of halogens is 2. The summed E-state index contributed by atoms with van der Waals surface area (Å²) in [4.78, 5) is 9.12. The Hall–Kier alpha value is -2.82. The van der Waals surface area contributed by atoms with Crippen molar-refractivity contribution < 1.29 is 5.11 Å². The topological polar surface area (TPSA) is 50.4 Å². The van der Waals surface area contributed by atoms with Gasteiger partial charge in [-0.25, -0.2) is 9.98 Å². The number of aliphatic imine (C=N–C) groups is 1. The van der Waals surface area contributed by atoms with E-state index in [2.05, 4.69) is 22.1 Å². The van der Waals surface area contributed by atoms with E-state index >= 15 is 0 Å². The van der Waals surface area contributed by atoms with Gasteiger partial charge in [0.25, 0.3) is 0 Å². The van der Waals surface area contributed by atoms with Gasteiger partial charge in [-0.05, 0) is 29.8 Å². The lowest BCUT2D eigenvalue weighted by atomic mass is 10.2. The third-order valence-electron chi connectivity index (χ3n) is 4.19. The first-order chi connectivity index (χ1) is 13.1. The van der Waals surface area contributed by atoms with Crippen LogP contribution in [0.5, 0.6) is 5.75 Å². The van der Waals surface area contributed by atoms with Crippen LogP contribution in [0.15, 0.2) is 71.7 Å². The Kier molecular flexibility index (Phi) is 4.84. The first kappa shape index (κ1) is 17.6. The van der Waals surface area contributed by atoms with Gasteiger partial charge in [0.05, 0.1) is 22.6 Å². The standard InChI is InChI=1S/C21H15Cl2N3O/c22-16-10-15(20(27)17(23)11-16)12-24-21-25-18-8-4-5-9-19(18)26(21)13-14-6-2-1-3-7-14/h1-12,27H,13H2/b24-12+. The van der Waals surface area contributed by atoms with Crippen molar-refractivity contribution in [2.75, 3.05) is 0 Å². The summed E-state index contributed by atoms with van der Waals surface area (Å²) in [5, 5.41) is 10.7. The molecule has 4 aromatic rings. The first-order valence-electron chi connectivity index (χ1n) is 8.33. The minimum absolute atomic E-state index is 0.0597. The highest BCUT2D eigenvalue weighted by Gasteiger charge is 2.11. The summed E-state index contributed by atoms with van der Waals surface area (Å²) in [6, 6.07) is 21.1. The largest absolute Gasteiger partial charge is 0.506 e. The Labute approximate surface area is 166 Å². The van der Waals surface area contributed by atoms with Crippen molar-refractivity contribution >= 4 is 46.4 Å². The maximum Gasteiger partial charge on any atom is 0.230 e. The lowest BCUT2D eigenvalue weighted by molar-refractivity contribution is 0.475. The van der Waals surface area contributed by atoms with Gasteiger partial charge >= 0.3 is 0 Å². The second-order valence-electron chi connectivity index (χ2n) is 6.06. The summed E-state index contributed by atoms with van der Waals surface area (Å²) in [5.74, 6) is 0.478. The van der Waals surface area contributed by atoms with Crippen LogP contribution in [0.2, 0.25) is 10.0 Å². The van der Waals surface area contributed by atoms with E-state index < -0.39 is 0 Å². The zero-order valence-electron chi connectivity index (χ0n) is 14.2. The van der Waals surface area contributed by atoms with Crippen molar-refractivity contribution in [2.24, 2.45) is 4.99 Å². The van der Waals surface area contributed by atoms with Crippen molar-refractivity contribution in [3.8, 4) is 5.75 Å². The molecule has 1 aromatic heterocycles. The molecule has 4 nitrogen and oxygen atoms in total. The Morgan fingerprint density at radius 2 is 1.74 bits per heavy atom. The summed E-state index contributed by atoms with van der Waals surface area (Å²) in [6.45, 7) is 0.635. The van der Waals surface area contributed by atoms with Crippen LogP contribution in [-0.4, -0.2) is 20.9 Å². The van der Waals surface area contributed by atoms with Crippen molar-refractivity contribution in [3.05, 3.63) is 87.9 Å². The van der Waals surface area contributed by atoms with Gasteiger partial charge in [0.15, 0.2) is 0 Å². The van der Waals surface area contributed by atoms with Crippen LogP contribution in [0.4, 0.5) is 5.95 Å². The van der Waals surface area contributed by atoms with Crippen LogP contribution in [0.3, 0.4) is 0 Å². The van der Waals surface area contributed by atoms with Crippen molar-refractivity contribution in [1.82, 2.24) is 9.55 Å². The number of fused-ring (bicyclic) bond motifs is 1. The lowest BCUT2D eigenvalue weighted by Gasteiger charge is -2.07. The number of para-hydroxylation sites is 2. The second kappa shape index (κ2) is 7.43. The normalized spacial score (nSPS) is 11.5. The maximum atomic E-state index is 10.1. The van der Waals surface area contributed by atoms with Gasteiger partial charge in [0.2, 0.25) is 5.95 Å².